The molecule has 1 aromatic carbocycles. The quantitative estimate of drug-likeness (QED) is 0.356. The molecule has 8 heteroatoms. The van der Waals surface area contributed by atoms with E-state index < -0.39 is 19.5 Å². The van der Waals surface area contributed by atoms with E-state index in [4.69, 9.17) is 19.1 Å². The topological polar surface area (TPSA) is 94.1 Å². The van der Waals surface area contributed by atoms with Crippen molar-refractivity contribution in [3.63, 3.8) is 0 Å². The van der Waals surface area contributed by atoms with Crippen molar-refractivity contribution in [3.05, 3.63) is 42.0 Å². The second-order valence-electron chi connectivity index (χ2n) is 6.57. The van der Waals surface area contributed by atoms with Gasteiger partial charge in [0.25, 0.3) is 0 Å². The smallest absolute Gasteiger partial charge is 0.323 e. The normalized spacial score (nSPS) is 20.7. The summed E-state index contributed by atoms with van der Waals surface area (Å²) in [6.45, 7) is 4.31. The fourth-order valence-electron chi connectivity index (χ4n) is 2.55. The zero-order valence-electron chi connectivity index (χ0n) is 15.8. The second kappa shape index (κ2) is 10.6. The molecular formula is C19H28NO6P. The SMILES string of the molecule is CC(=CCC[P@@](=O)(N[C@@H](C)C(=O)O[C@@H]1CCOC1)Oc1ccccc1)CO. The molecule has 2 rings (SSSR count). The number of carbonyl (C=O) groups excluding carboxylic acids is 1. The van der Waals surface area contributed by atoms with Gasteiger partial charge in [-0.1, -0.05) is 29.8 Å². The van der Waals surface area contributed by atoms with Gasteiger partial charge in [-0.05, 0) is 32.4 Å². The minimum Gasteiger partial charge on any atom is -0.459 e. The number of rotatable bonds is 10. The van der Waals surface area contributed by atoms with Crippen LogP contribution in [0.15, 0.2) is 42.0 Å². The molecule has 0 saturated carbocycles. The first kappa shape index (κ1) is 21.6. The van der Waals surface area contributed by atoms with Crippen molar-refractivity contribution in [3.8, 4) is 5.75 Å². The summed E-state index contributed by atoms with van der Waals surface area (Å²) in [5, 5.41) is 11.9. The lowest BCUT2D eigenvalue weighted by Gasteiger charge is -2.24. The van der Waals surface area contributed by atoms with E-state index in [1.165, 1.54) is 0 Å². The molecule has 27 heavy (non-hydrogen) atoms. The van der Waals surface area contributed by atoms with Crippen LogP contribution >= 0.6 is 7.52 Å². The highest BCUT2D eigenvalue weighted by atomic mass is 31.2. The van der Waals surface area contributed by atoms with E-state index in [1.54, 1.807) is 38.1 Å². The van der Waals surface area contributed by atoms with E-state index in [-0.39, 0.29) is 18.9 Å². The number of ether oxygens (including phenoxy) is 2. The molecule has 0 unspecified atom stereocenters. The van der Waals surface area contributed by atoms with Crippen molar-refractivity contribution >= 4 is 13.5 Å². The van der Waals surface area contributed by atoms with Crippen LogP contribution in [0.5, 0.6) is 5.75 Å². The maximum absolute atomic E-state index is 13.3. The van der Waals surface area contributed by atoms with Gasteiger partial charge >= 0.3 is 13.5 Å². The molecule has 2 N–H and O–H groups in total. The molecule has 3 atom stereocenters. The lowest BCUT2D eigenvalue weighted by Crippen LogP contribution is -2.37. The lowest BCUT2D eigenvalue weighted by molar-refractivity contribution is -0.150. The Kier molecular flexibility index (Phi) is 8.51. The molecule has 1 fully saturated rings. The Morgan fingerprint density at radius 2 is 2.19 bits per heavy atom. The monoisotopic (exact) mass is 397 g/mol. The van der Waals surface area contributed by atoms with E-state index in [0.717, 1.165) is 5.57 Å². The van der Waals surface area contributed by atoms with Gasteiger partial charge in [0.15, 0.2) is 0 Å². The standard InChI is InChI=1S/C19H28NO6P/c1-15(13-21)7-6-12-27(23,26-17-8-4-3-5-9-17)20-16(2)19(22)25-18-10-11-24-14-18/h3-5,7-9,16,18,21H,6,10-14H2,1-2H3,(H,20,23)/t16-,18+,27-/m0/s1. The number of aliphatic hydroxyl groups is 1. The molecule has 7 nitrogen and oxygen atoms in total. The Bertz CT molecular complexity index is 672. The van der Waals surface area contributed by atoms with Crippen molar-refractivity contribution in [2.45, 2.75) is 38.8 Å². The van der Waals surface area contributed by atoms with Crippen LogP contribution in [-0.2, 0) is 18.8 Å². The third-order valence-electron chi connectivity index (χ3n) is 4.08. The molecule has 0 radical (unpaired) electrons. The van der Waals surface area contributed by atoms with E-state index in [1.807, 2.05) is 12.1 Å². The summed E-state index contributed by atoms with van der Waals surface area (Å²) < 4.78 is 29.7. The first-order valence-electron chi connectivity index (χ1n) is 9.08. The Balaban J connectivity index is 2.03. The number of esters is 1. The maximum atomic E-state index is 13.3. The summed E-state index contributed by atoms with van der Waals surface area (Å²) in [5.41, 5.74) is 0.787. The molecule has 1 aliphatic rings. The number of nitrogens with one attached hydrogen (secondary N) is 1. The summed E-state index contributed by atoms with van der Waals surface area (Å²) in [7, 11) is -3.37. The summed E-state index contributed by atoms with van der Waals surface area (Å²) in [6.07, 6.45) is 2.85. The van der Waals surface area contributed by atoms with Gasteiger partial charge in [-0.3, -0.25) is 9.36 Å². The Morgan fingerprint density at radius 3 is 2.81 bits per heavy atom. The molecule has 150 valence electrons. The number of carbonyl (C=O) groups is 1. The fraction of sp³-hybridized carbons (Fsp3) is 0.526. The summed E-state index contributed by atoms with van der Waals surface area (Å²) in [4.78, 5) is 12.3. The molecule has 1 aliphatic heterocycles. The van der Waals surface area contributed by atoms with Gasteiger partial charge in [0, 0.05) is 6.42 Å². The van der Waals surface area contributed by atoms with Crippen LogP contribution in [0.25, 0.3) is 0 Å². The van der Waals surface area contributed by atoms with E-state index >= 15 is 0 Å². The minimum absolute atomic E-state index is 0.0521. The van der Waals surface area contributed by atoms with Crippen molar-refractivity contribution < 1.29 is 28.5 Å². The number of aliphatic hydroxyl groups excluding tert-OH is 1. The van der Waals surface area contributed by atoms with Crippen molar-refractivity contribution in [1.29, 1.82) is 0 Å². The van der Waals surface area contributed by atoms with Crippen LogP contribution < -0.4 is 9.61 Å². The first-order valence-corrected chi connectivity index (χ1v) is 10.9. The molecule has 0 amide bonds. The van der Waals surface area contributed by atoms with Gasteiger partial charge in [-0.2, -0.15) is 0 Å². The maximum Gasteiger partial charge on any atom is 0.323 e. The molecule has 1 heterocycles. The Hall–Kier alpha value is -1.66. The predicted molar refractivity (Wildman–Crippen MR) is 103 cm³/mol. The predicted octanol–water partition coefficient (Wildman–Crippen LogP) is 2.90. The molecule has 1 saturated heterocycles. The Labute approximate surface area is 160 Å². The van der Waals surface area contributed by atoms with Gasteiger partial charge in [0.2, 0.25) is 0 Å². The van der Waals surface area contributed by atoms with E-state index in [0.29, 0.717) is 31.8 Å². The largest absolute Gasteiger partial charge is 0.459 e. The number of hydrogen-bond acceptors (Lipinski definition) is 6. The number of allylic oxidation sites excluding steroid dienone is 1. The zero-order chi connectivity index (χ0) is 19.7. The minimum atomic E-state index is -3.37. The van der Waals surface area contributed by atoms with Gasteiger partial charge in [0.05, 0.1) is 26.0 Å². The average molecular weight is 397 g/mol. The van der Waals surface area contributed by atoms with Crippen LogP contribution in [0, 0.1) is 0 Å². The molecule has 0 spiro atoms. The number of hydrogen-bond donors (Lipinski definition) is 2. The van der Waals surface area contributed by atoms with Crippen molar-refractivity contribution in [2.75, 3.05) is 26.0 Å². The summed E-state index contributed by atoms with van der Waals surface area (Å²) >= 11 is 0. The first-order chi connectivity index (χ1) is 12.9. The van der Waals surface area contributed by atoms with E-state index in [9.17, 15) is 9.36 Å². The molecular weight excluding hydrogens is 369 g/mol. The van der Waals surface area contributed by atoms with Crippen LogP contribution in [0.4, 0.5) is 0 Å². The fourth-order valence-corrected chi connectivity index (χ4v) is 4.45. The van der Waals surface area contributed by atoms with Gasteiger partial charge in [-0.25, -0.2) is 5.09 Å². The number of benzene rings is 1. The molecule has 0 bridgehead atoms. The third kappa shape index (κ3) is 7.46. The lowest BCUT2D eigenvalue weighted by atomic mass is 10.3. The third-order valence-corrected chi connectivity index (χ3v) is 6.21. The molecule has 0 aliphatic carbocycles. The van der Waals surface area contributed by atoms with Gasteiger partial charge in [-0.15, -0.1) is 0 Å². The highest BCUT2D eigenvalue weighted by Crippen LogP contribution is 2.44. The number of para-hydroxylation sites is 1. The van der Waals surface area contributed by atoms with Gasteiger partial charge < -0.3 is 19.1 Å². The Morgan fingerprint density at radius 1 is 1.44 bits per heavy atom. The molecule has 0 aromatic heterocycles. The van der Waals surface area contributed by atoms with E-state index in [2.05, 4.69) is 5.09 Å². The highest BCUT2D eigenvalue weighted by Gasteiger charge is 2.31. The van der Waals surface area contributed by atoms with Crippen LogP contribution in [-0.4, -0.2) is 49.2 Å². The highest BCUT2D eigenvalue weighted by molar-refractivity contribution is 7.57. The summed E-state index contributed by atoms with van der Waals surface area (Å²) in [6, 6.07) is 8.04. The van der Waals surface area contributed by atoms with Crippen molar-refractivity contribution in [2.24, 2.45) is 0 Å². The molecule has 1 aromatic rings. The second-order valence-corrected chi connectivity index (χ2v) is 8.81. The zero-order valence-corrected chi connectivity index (χ0v) is 16.7. The van der Waals surface area contributed by atoms with Crippen molar-refractivity contribution in [1.82, 2.24) is 5.09 Å². The van der Waals surface area contributed by atoms with Crippen LogP contribution in [0.2, 0.25) is 0 Å². The van der Waals surface area contributed by atoms with Crippen LogP contribution in [0.3, 0.4) is 0 Å². The van der Waals surface area contributed by atoms with Crippen LogP contribution in [0.1, 0.15) is 26.7 Å². The van der Waals surface area contributed by atoms with Gasteiger partial charge in [0.1, 0.15) is 17.9 Å². The average Bonchev–Trinajstić information content (AvgIpc) is 3.15. The summed E-state index contributed by atoms with van der Waals surface area (Å²) in [5.74, 6) is -0.0228.